The molecule has 0 bridgehead atoms. The molecule has 0 aliphatic rings. The molecule has 9 heteroatoms. The molecule has 0 unspecified atom stereocenters. The summed E-state index contributed by atoms with van der Waals surface area (Å²) >= 11 is 0. The maximum Gasteiger partial charge on any atom is 0.264 e. The third kappa shape index (κ3) is 5.27. The molecule has 168 valence electrons. The van der Waals surface area contributed by atoms with Crippen LogP contribution in [0.25, 0.3) is 11.4 Å². The van der Waals surface area contributed by atoms with Crippen molar-refractivity contribution in [1.82, 2.24) is 10.1 Å². The quantitative estimate of drug-likeness (QED) is 0.422. The number of hydrogen-bond donors (Lipinski definition) is 1. The Labute approximate surface area is 191 Å². The molecule has 0 aliphatic carbocycles. The fraction of sp³-hybridized carbons (Fsp3) is 0.125. The van der Waals surface area contributed by atoms with Crippen LogP contribution >= 0.6 is 0 Å². The summed E-state index contributed by atoms with van der Waals surface area (Å²) in [4.78, 5) is 16.8. The Morgan fingerprint density at radius 2 is 1.67 bits per heavy atom. The van der Waals surface area contributed by atoms with Crippen LogP contribution in [0.3, 0.4) is 0 Å². The van der Waals surface area contributed by atoms with Crippen LogP contribution in [0, 0.1) is 0 Å². The first-order chi connectivity index (χ1) is 15.9. The van der Waals surface area contributed by atoms with Gasteiger partial charge in [-0.3, -0.25) is 9.10 Å². The molecule has 0 aliphatic heterocycles. The van der Waals surface area contributed by atoms with Crippen LogP contribution in [0.2, 0.25) is 0 Å². The smallest absolute Gasteiger partial charge is 0.264 e. The minimum absolute atomic E-state index is 0.0797. The van der Waals surface area contributed by atoms with Crippen molar-refractivity contribution in [3.63, 3.8) is 0 Å². The Morgan fingerprint density at radius 1 is 0.970 bits per heavy atom. The van der Waals surface area contributed by atoms with Gasteiger partial charge in [-0.15, -0.1) is 0 Å². The number of rotatable bonds is 8. The fourth-order valence-corrected chi connectivity index (χ4v) is 4.42. The number of sulfonamides is 1. The summed E-state index contributed by atoms with van der Waals surface area (Å²) in [7, 11) is -2.29. The van der Waals surface area contributed by atoms with E-state index in [0.717, 1.165) is 5.56 Å². The van der Waals surface area contributed by atoms with E-state index in [0.29, 0.717) is 23.1 Å². The van der Waals surface area contributed by atoms with E-state index in [2.05, 4.69) is 15.5 Å². The van der Waals surface area contributed by atoms with E-state index in [1.165, 1.54) is 23.5 Å². The SMILES string of the molecule is CN(c1ccccc1)S(=O)(=O)c1cccc(NC(=O)CCc2nc(-c3ccccc3)no2)c1. The van der Waals surface area contributed by atoms with Crippen molar-refractivity contribution < 1.29 is 17.7 Å². The minimum Gasteiger partial charge on any atom is -0.339 e. The Morgan fingerprint density at radius 3 is 2.39 bits per heavy atom. The number of hydrogen-bond acceptors (Lipinski definition) is 6. The number of carbonyl (C=O) groups is 1. The summed E-state index contributed by atoms with van der Waals surface area (Å²) in [6, 6.07) is 24.3. The molecule has 1 heterocycles. The first-order valence-corrected chi connectivity index (χ1v) is 11.7. The zero-order valence-electron chi connectivity index (χ0n) is 17.9. The Hall–Kier alpha value is -3.98. The van der Waals surface area contributed by atoms with Crippen LogP contribution in [-0.2, 0) is 21.2 Å². The third-order valence-corrected chi connectivity index (χ3v) is 6.74. The zero-order chi connectivity index (χ0) is 23.3. The normalized spacial score (nSPS) is 11.2. The van der Waals surface area contributed by atoms with E-state index in [1.807, 2.05) is 36.4 Å². The number of para-hydroxylation sites is 1. The van der Waals surface area contributed by atoms with Crippen LogP contribution in [-0.4, -0.2) is 31.5 Å². The summed E-state index contributed by atoms with van der Waals surface area (Å²) in [5.74, 6) is 0.525. The number of nitrogens with one attached hydrogen (secondary N) is 1. The van der Waals surface area contributed by atoms with Crippen molar-refractivity contribution in [2.45, 2.75) is 17.7 Å². The van der Waals surface area contributed by atoms with Crippen molar-refractivity contribution in [3.8, 4) is 11.4 Å². The lowest BCUT2D eigenvalue weighted by atomic mass is 10.2. The second-order valence-electron chi connectivity index (χ2n) is 7.26. The monoisotopic (exact) mass is 462 g/mol. The molecule has 4 rings (SSSR count). The molecule has 0 atom stereocenters. The first kappa shape index (κ1) is 22.2. The van der Waals surface area contributed by atoms with Crippen molar-refractivity contribution in [3.05, 3.63) is 90.8 Å². The zero-order valence-corrected chi connectivity index (χ0v) is 18.7. The molecular formula is C24H22N4O4S. The number of carbonyl (C=O) groups excluding carboxylic acids is 1. The second-order valence-corrected chi connectivity index (χ2v) is 9.23. The van der Waals surface area contributed by atoms with Crippen LogP contribution in [0.4, 0.5) is 11.4 Å². The van der Waals surface area contributed by atoms with Gasteiger partial charge < -0.3 is 9.84 Å². The molecule has 3 aromatic carbocycles. The number of aryl methyl sites for hydroxylation is 1. The van der Waals surface area contributed by atoms with Gasteiger partial charge in [0.25, 0.3) is 10.0 Å². The molecule has 0 saturated heterocycles. The number of amides is 1. The Balaban J connectivity index is 1.39. The van der Waals surface area contributed by atoms with E-state index in [1.54, 1.807) is 36.4 Å². The van der Waals surface area contributed by atoms with E-state index in [4.69, 9.17) is 4.52 Å². The average molecular weight is 463 g/mol. The molecule has 1 N–H and O–H groups in total. The van der Waals surface area contributed by atoms with Gasteiger partial charge >= 0.3 is 0 Å². The lowest BCUT2D eigenvalue weighted by molar-refractivity contribution is -0.116. The lowest BCUT2D eigenvalue weighted by Gasteiger charge is -2.19. The van der Waals surface area contributed by atoms with Crippen molar-refractivity contribution >= 4 is 27.3 Å². The number of aromatic nitrogens is 2. The number of benzene rings is 3. The number of nitrogens with zero attached hydrogens (tertiary/aromatic N) is 3. The molecule has 0 fully saturated rings. The van der Waals surface area contributed by atoms with E-state index in [-0.39, 0.29) is 23.6 Å². The van der Waals surface area contributed by atoms with E-state index in [9.17, 15) is 13.2 Å². The maximum absolute atomic E-state index is 13.0. The van der Waals surface area contributed by atoms with E-state index < -0.39 is 10.0 Å². The molecular weight excluding hydrogens is 440 g/mol. The van der Waals surface area contributed by atoms with E-state index >= 15 is 0 Å². The number of anilines is 2. The van der Waals surface area contributed by atoms with Crippen LogP contribution in [0.5, 0.6) is 0 Å². The van der Waals surface area contributed by atoms with Gasteiger partial charge in [0.2, 0.25) is 17.6 Å². The molecule has 1 amide bonds. The van der Waals surface area contributed by atoms with Gasteiger partial charge in [0.1, 0.15) is 0 Å². The first-order valence-electron chi connectivity index (χ1n) is 10.3. The minimum atomic E-state index is -3.78. The van der Waals surface area contributed by atoms with Crippen LogP contribution < -0.4 is 9.62 Å². The standard InChI is InChI=1S/C24H22N4O4S/c1-28(20-12-6-3-7-13-20)33(30,31)21-14-8-11-19(17-21)25-22(29)15-16-23-26-24(27-32-23)18-9-4-2-5-10-18/h2-14,17H,15-16H2,1H3,(H,25,29). The van der Waals surface area contributed by atoms with Crippen LogP contribution in [0.1, 0.15) is 12.3 Å². The Bertz CT molecular complexity index is 1340. The summed E-state index contributed by atoms with van der Waals surface area (Å²) in [6.07, 6.45) is 0.373. The molecule has 8 nitrogen and oxygen atoms in total. The molecule has 0 saturated carbocycles. The highest BCUT2D eigenvalue weighted by molar-refractivity contribution is 7.92. The van der Waals surface area contributed by atoms with Gasteiger partial charge in [-0.2, -0.15) is 4.98 Å². The Kier molecular flexibility index (Phi) is 6.50. The van der Waals surface area contributed by atoms with Gasteiger partial charge in [-0.25, -0.2) is 8.42 Å². The summed E-state index contributed by atoms with van der Waals surface area (Å²) < 4.78 is 32.4. The summed E-state index contributed by atoms with van der Waals surface area (Å²) in [5, 5.41) is 6.67. The van der Waals surface area contributed by atoms with Crippen molar-refractivity contribution in [1.29, 1.82) is 0 Å². The summed E-state index contributed by atoms with van der Waals surface area (Å²) in [6.45, 7) is 0. The third-order valence-electron chi connectivity index (χ3n) is 4.96. The largest absolute Gasteiger partial charge is 0.339 e. The van der Waals surface area contributed by atoms with Gasteiger partial charge in [-0.1, -0.05) is 59.8 Å². The predicted molar refractivity (Wildman–Crippen MR) is 125 cm³/mol. The fourth-order valence-electron chi connectivity index (χ4n) is 3.17. The van der Waals surface area contributed by atoms with Gasteiger partial charge in [0.15, 0.2) is 0 Å². The molecule has 1 aromatic heterocycles. The van der Waals surface area contributed by atoms with Gasteiger partial charge in [0.05, 0.1) is 10.6 Å². The van der Waals surface area contributed by atoms with Gasteiger partial charge in [0, 0.05) is 31.1 Å². The summed E-state index contributed by atoms with van der Waals surface area (Å²) in [5.41, 5.74) is 1.76. The van der Waals surface area contributed by atoms with Crippen LogP contribution in [0.15, 0.2) is 94.3 Å². The molecule has 0 radical (unpaired) electrons. The topological polar surface area (TPSA) is 105 Å². The predicted octanol–water partition coefficient (Wildman–Crippen LogP) is 4.13. The lowest BCUT2D eigenvalue weighted by Crippen LogP contribution is -2.26. The highest BCUT2D eigenvalue weighted by Crippen LogP contribution is 2.24. The average Bonchev–Trinajstić information content (AvgIpc) is 3.33. The highest BCUT2D eigenvalue weighted by atomic mass is 32.2. The van der Waals surface area contributed by atoms with Crippen molar-refractivity contribution in [2.24, 2.45) is 0 Å². The van der Waals surface area contributed by atoms with Crippen molar-refractivity contribution in [2.75, 3.05) is 16.7 Å². The maximum atomic E-state index is 13.0. The van der Waals surface area contributed by atoms with Gasteiger partial charge in [-0.05, 0) is 30.3 Å². The molecule has 0 spiro atoms. The molecule has 4 aromatic rings. The second kappa shape index (κ2) is 9.66. The molecule has 33 heavy (non-hydrogen) atoms. The highest BCUT2D eigenvalue weighted by Gasteiger charge is 2.21.